The molecule has 0 amide bonds. The highest BCUT2D eigenvalue weighted by Gasteiger charge is 2.40. The summed E-state index contributed by atoms with van der Waals surface area (Å²) in [4.78, 5) is 2.54. The Kier molecular flexibility index (Phi) is 4.45. The Morgan fingerprint density at radius 3 is 2.42 bits per heavy atom. The fourth-order valence-corrected chi connectivity index (χ4v) is 3.51. The van der Waals surface area contributed by atoms with E-state index < -0.39 is 0 Å². The first kappa shape index (κ1) is 13.8. The van der Waals surface area contributed by atoms with Gasteiger partial charge in [-0.15, -0.1) is 0 Å². The van der Waals surface area contributed by atoms with Gasteiger partial charge in [-0.2, -0.15) is 0 Å². The summed E-state index contributed by atoms with van der Waals surface area (Å²) in [5.74, 6) is 3.09. The van der Waals surface area contributed by atoms with E-state index in [1.54, 1.807) is 0 Å². The lowest BCUT2D eigenvalue weighted by atomic mass is 9.98. The van der Waals surface area contributed by atoms with Crippen LogP contribution in [0, 0.1) is 17.8 Å². The minimum Gasteiger partial charge on any atom is -0.374 e. The molecule has 1 atom stereocenters. The maximum atomic E-state index is 5.89. The van der Waals surface area contributed by atoms with Gasteiger partial charge in [0.15, 0.2) is 0 Å². The predicted octanol–water partition coefficient (Wildman–Crippen LogP) is 2.12. The van der Waals surface area contributed by atoms with Crippen LogP contribution in [-0.2, 0) is 4.74 Å². The summed E-state index contributed by atoms with van der Waals surface area (Å²) in [6, 6.07) is 0.650. The second kappa shape index (κ2) is 6.11. The van der Waals surface area contributed by atoms with Gasteiger partial charge in [0, 0.05) is 25.7 Å². The van der Waals surface area contributed by atoms with Crippen molar-refractivity contribution in [2.45, 2.75) is 51.7 Å². The number of nitrogens with one attached hydrogen (secondary N) is 1. The molecule has 3 rings (SSSR count). The molecule has 2 saturated carbocycles. The Balaban J connectivity index is 1.37. The summed E-state index contributed by atoms with van der Waals surface area (Å²) in [6.07, 6.45) is 6.36. The number of hydrogen-bond acceptors (Lipinski definition) is 3. The van der Waals surface area contributed by atoms with Crippen molar-refractivity contribution in [1.29, 1.82) is 0 Å². The maximum absolute atomic E-state index is 5.89. The van der Waals surface area contributed by atoms with Gasteiger partial charge in [0.2, 0.25) is 0 Å². The maximum Gasteiger partial charge on any atom is 0.0826 e. The predicted molar refractivity (Wildman–Crippen MR) is 78.3 cm³/mol. The highest BCUT2D eigenvalue weighted by Crippen LogP contribution is 2.48. The van der Waals surface area contributed by atoms with Crippen LogP contribution >= 0.6 is 0 Å². The molecule has 1 unspecified atom stereocenters. The van der Waals surface area contributed by atoms with Crippen LogP contribution < -0.4 is 5.32 Å². The van der Waals surface area contributed by atoms with Crippen molar-refractivity contribution < 1.29 is 4.74 Å². The van der Waals surface area contributed by atoms with Gasteiger partial charge in [-0.1, -0.05) is 0 Å². The zero-order chi connectivity index (χ0) is 13.2. The SMILES string of the molecule is CC(C)N1CCOC(CNCC(C2CC2)C2CC2)C1. The van der Waals surface area contributed by atoms with Crippen LogP contribution in [0.5, 0.6) is 0 Å². The fraction of sp³-hybridized carbons (Fsp3) is 1.00. The van der Waals surface area contributed by atoms with E-state index in [-0.39, 0.29) is 0 Å². The molecule has 0 aromatic rings. The van der Waals surface area contributed by atoms with E-state index in [1.807, 2.05) is 0 Å². The van der Waals surface area contributed by atoms with E-state index in [4.69, 9.17) is 4.74 Å². The van der Waals surface area contributed by atoms with Gasteiger partial charge in [-0.05, 0) is 63.8 Å². The standard InChI is InChI=1S/C16H30N2O/c1-12(2)18-7-8-19-15(11-18)9-17-10-16(13-3-4-13)14-5-6-14/h12-17H,3-11H2,1-2H3. The fourth-order valence-electron chi connectivity index (χ4n) is 3.51. The molecule has 19 heavy (non-hydrogen) atoms. The zero-order valence-corrected chi connectivity index (χ0v) is 12.6. The molecule has 0 aromatic carbocycles. The van der Waals surface area contributed by atoms with Gasteiger partial charge in [0.1, 0.15) is 0 Å². The molecule has 2 aliphatic carbocycles. The molecule has 3 fully saturated rings. The van der Waals surface area contributed by atoms with E-state index in [0.717, 1.165) is 44.0 Å². The van der Waals surface area contributed by atoms with Crippen LogP contribution in [0.25, 0.3) is 0 Å². The Labute approximate surface area is 118 Å². The van der Waals surface area contributed by atoms with E-state index in [1.165, 1.54) is 32.2 Å². The van der Waals surface area contributed by atoms with Crippen LogP contribution in [0.4, 0.5) is 0 Å². The summed E-state index contributed by atoms with van der Waals surface area (Å²) < 4.78 is 5.89. The van der Waals surface area contributed by atoms with Crippen molar-refractivity contribution >= 4 is 0 Å². The number of morpholine rings is 1. The van der Waals surface area contributed by atoms with Gasteiger partial charge >= 0.3 is 0 Å². The molecule has 0 aromatic heterocycles. The van der Waals surface area contributed by atoms with Crippen molar-refractivity contribution in [2.24, 2.45) is 17.8 Å². The van der Waals surface area contributed by atoms with E-state index in [9.17, 15) is 0 Å². The first-order chi connectivity index (χ1) is 9.24. The van der Waals surface area contributed by atoms with Crippen molar-refractivity contribution in [1.82, 2.24) is 10.2 Å². The third kappa shape index (κ3) is 3.93. The van der Waals surface area contributed by atoms with Crippen LogP contribution in [0.3, 0.4) is 0 Å². The first-order valence-electron chi connectivity index (χ1n) is 8.30. The topological polar surface area (TPSA) is 24.5 Å². The average molecular weight is 266 g/mol. The van der Waals surface area contributed by atoms with Gasteiger partial charge < -0.3 is 10.1 Å². The van der Waals surface area contributed by atoms with E-state index in [0.29, 0.717) is 12.1 Å². The zero-order valence-electron chi connectivity index (χ0n) is 12.6. The van der Waals surface area contributed by atoms with Gasteiger partial charge in [0.25, 0.3) is 0 Å². The minimum absolute atomic E-state index is 0.398. The normalized spacial score (nSPS) is 29.4. The minimum atomic E-state index is 0.398. The number of ether oxygens (including phenoxy) is 1. The van der Waals surface area contributed by atoms with Crippen LogP contribution in [0.2, 0.25) is 0 Å². The molecule has 110 valence electrons. The molecule has 0 bridgehead atoms. The summed E-state index contributed by atoms with van der Waals surface area (Å²) in [5.41, 5.74) is 0. The van der Waals surface area contributed by atoms with Crippen molar-refractivity contribution in [3.63, 3.8) is 0 Å². The third-order valence-electron chi connectivity index (χ3n) is 5.11. The average Bonchev–Trinajstić information content (AvgIpc) is 3.28. The summed E-state index contributed by atoms with van der Waals surface area (Å²) in [5, 5.41) is 3.71. The van der Waals surface area contributed by atoms with Crippen LogP contribution in [0.1, 0.15) is 39.5 Å². The van der Waals surface area contributed by atoms with Crippen LogP contribution in [-0.4, -0.2) is 49.8 Å². The molecule has 0 spiro atoms. The second-order valence-corrected chi connectivity index (χ2v) is 7.08. The monoisotopic (exact) mass is 266 g/mol. The highest BCUT2D eigenvalue weighted by atomic mass is 16.5. The van der Waals surface area contributed by atoms with E-state index in [2.05, 4.69) is 24.1 Å². The van der Waals surface area contributed by atoms with Gasteiger partial charge in [-0.3, -0.25) is 4.90 Å². The molecule has 1 aliphatic heterocycles. The summed E-state index contributed by atoms with van der Waals surface area (Å²) >= 11 is 0. The molecule has 0 radical (unpaired) electrons. The lowest BCUT2D eigenvalue weighted by Gasteiger charge is -2.35. The van der Waals surface area contributed by atoms with Crippen LogP contribution in [0.15, 0.2) is 0 Å². The number of hydrogen-bond donors (Lipinski definition) is 1. The quantitative estimate of drug-likeness (QED) is 0.764. The summed E-state index contributed by atoms with van der Waals surface area (Å²) in [7, 11) is 0. The Hall–Kier alpha value is -0.120. The molecular formula is C16H30N2O. The van der Waals surface area contributed by atoms with Crippen molar-refractivity contribution in [3.8, 4) is 0 Å². The van der Waals surface area contributed by atoms with Crippen molar-refractivity contribution in [2.75, 3.05) is 32.8 Å². The number of nitrogens with zero attached hydrogens (tertiary/aromatic N) is 1. The van der Waals surface area contributed by atoms with E-state index >= 15 is 0 Å². The molecule has 1 N–H and O–H groups in total. The lowest BCUT2D eigenvalue weighted by Crippen LogP contribution is -2.49. The highest BCUT2D eigenvalue weighted by molar-refractivity contribution is 4.92. The van der Waals surface area contributed by atoms with Gasteiger partial charge in [0.05, 0.1) is 12.7 Å². The molecule has 3 aliphatic rings. The third-order valence-corrected chi connectivity index (χ3v) is 5.11. The molecule has 3 heteroatoms. The Bertz CT molecular complexity index is 274. The molecule has 1 heterocycles. The smallest absolute Gasteiger partial charge is 0.0826 e. The number of rotatable bonds is 7. The second-order valence-electron chi connectivity index (χ2n) is 7.08. The summed E-state index contributed by atoms with van der Waals surface area (Å²) in [6.45, 7) is 9.94. The molecule has 1 saturated heterocycles. The molecule has 3 nitrogen and oxygen atoms in total. The molecular weight excluding hydrogens is 236 g/mol. The van der Waals surface area contributed by atoms with Crippen molar-refractivity contribution in [3.05, 3.63) is 0 Å². The first-order valence-corrected chi connectivity index (χ1v) is 8.30. The Morgan fingerprint density at radius 2 is 1.84 bits per heavy atom. The van der Waals surface area contributed by atoms with Gasteiger partial charge in [-0.25, -0.2) is 0 Å². The largest absolute Gasteiger partial charge is 0.374 e. The lowest BCUT2D eigenvalue weighted by molar-refractivity contribution is -0.0375. The Morgan fingerprint density at radius 1 is 1.16 bits per heavy atom.